The number of aliphatic hydroxyl groups is 1. The Morgan fingerprint density at radius 3 is 2.64 bits per heavy atom. The Morgan fingerprint density at radius 1 is 1.27 bits per heavy atom. The van der Waals surface area contributed by atoms with Crippen LogP contribution in [0.1, 0.15) is 58.1 Å². The van der Waals surface area contributed by atoms with Crippen molar-refractivity contribution in [1.82, 2.24) is 0 Å². The second-order valence-electron chi connectivity index (χ2n) is 9.65. The molecule has 5 rings (SSSR count). The summed E-state index contributed by atoms with van der Waals surface area (Å²) >= 11 is 0. The topological polar surface area (TPSA) is 125 Å². The molecule has 9 nitrogen and oxygen atoms in total. The summed E-state index contributed by atoms with van der Waals surface area (Å²) in [5.74, 6) is -2.38. The summed E-state index contributed by atoms with van der Waals surface area (Å²) < 4.78 is 28.6. The first kappa shape index (κ1) is 22.2. The van der Waals surface area contributed by atoms with Crippen LogP contribution in [0, 0.1) is 16.7 Å². The summed E-state index contributed by atoms with van der Waals surface area (Å²) in [5, 5.41) is 11.2. The molecule has 3 fully saturated rings. The molecule has 2 spiro atoms. The molecular weight excluding hydrogens is 432 g/mol. The van der Waals surface area contributed by atoms with E-state index in [-0.39, 0.29) is 6.61 Å². The number of furan rings is 1. The molecule has 1 saturated carbocycles. The Kier molecular flexibility index (Phi) is 4.99. The lowest BCUT2D eigenvalue weighted by Crippen LogP contribution is -2.65. The van der Waals surface area contributed by atoms with E-state index >= 15 is 0 Å². The Morgan fingerprint density at radius 2 is 2.03 bits per heavy atom. The smallest absolute Gasteiger partial charge is 0.304 e. The van der Waals surface area contributed by atoms with Gasteiger partial charge in [-0.3, -0.25) is 14.4 Å². The van der Waals surface area contributed by atoms with Crippen molar-refractivity contribution in [1.29, 1.82) is 0 Å². The lowest BCUT2D eigenvalue weighted by atomic mass is 9.45. The van der Waals surface area contributed by atoms with Crippen molar-refractivity contribution in [2.45, 2.75) is 64.4 Å². The number of hydrogen-bond donors (Lipinski definition) is 1. The number of fused-ring (bicyclic) bond motifs is 3. The van der Waals surface area contributed by atoms with E-state index in [0.29, 0.717) is 31.4 Å². The first-order valence-electron chi connectivity index (χ1n) is 11.3. The highest BCUT2D eigenvalue weighted by Gasteiger charge is 2.78. The normalized spacial score (nSPS) is 39.6. The second kappa shape index (κ2) is 7.43. The Balaban J connectivity index is 1.70. The average Bonchev–Trinajstić information content (AvgIpc) is 3.19. The van der Waals surface area contributed by atoms with E-state index in [2.05, 4.69) is 0 Å². The molecule has 9 heteroatoms. The highest BCUT2D eigenvalue weighted by molar-refractivity contribution is 6.02. The monoisotopic (exact) mass is 460 g/mol. The van der Waals surface area contributed by atoms with Gasteiger partial charge in [0.25, 0.3) is 0 Å². The molecule has 0 radical (unpaired) electrons. The Bertz CT molecular complexity index is 1020. The molecule has 1 aromatic rings. The van der Waals surface area contributed by atoms with Crippen molar-refractivity contribution in [3.05, 3.63) is 35.5 Å². The summed E-state index contributed by atoms with van der Waals surface area (Å²) in [6.07, 6.45) is 3.93. The van der Waals surface area contributed by atoms with Gasteiger partial charge >= 0.3 is 11.9 Å². The molecule has 4 aliphatic rings. The van der Waals surface area contributed by atoms with Crippen molar-refractivity contribution in [3.63, 3.8) is 0 Å². The fourth-order valence-corrected chi connectivity index (χ4v) is 6.60. The highest BCUT2D eigenvalue weighted by atomic mass is 16.7. The number of carbonyl (C=O) groups is 3. The third-order valence-corrected chi connectivity index (χ3v) is 8.19. The summed E-state index contributed by atoms with van der Waals surface area (Å²) in [6.45, 7) is 4.40. The molecule has 0 unspecified atom stereocenters. The zero-order valence-corrected chi connectivity index (χ0v) is 18.9. The van der Waals surface area contributed by atoms with Crippen LogP contribution in [-0.4, -0.2) is 47.9 Å². The molecule has 33 heavy (non-hydrogen) atoms. The number of Topliss-reactive ketones (excluding diaryl/α,β-unsaturated/α-hetero) is 1. The SMILES string of the molecule is CC(=O)OC[C@@]12C(=O)C(O)=C(C)[C@]3(C[C@@H](c4ccoc4)O[C@H]3OC(C)=O)[C@H]1CCC[C@]21CO1. The summed E-state index contributed by atoms with van der Waals surface area (Å²) in [7, 11) is 0. The van der Waals surface area contributed by atoms with E-state index in [1.54, 1.807) is 19.3 Å². The Labute approximate surface area is 191 Å². The van der Waals surface area contributed by atoms with Gasteiger partial charge in [0.15, 0.2) is 5.76 Å². The number of ketones is 1. The van der Waals surface area contributed by atoms with E-state index in [4.69, 9.17) is 23.4 Å². The van der Waals surface area contributed by atoms with E-state index in [1.807, 2.05) is 0 Å². The second-order valence-corrected chi connectivity index (χ2v) is 9.65. The van der Waals surface area contributed by atoms with Gasteiger partial charge in [-0.2, -0.15) is 0 Å². The highest BCUT2D eigenvalue weighted by Crippen LogP contribution is 2.70. The third-order valence-electron chi connectivity index (χ3n) is 8.19. The van der Waals surface area contributed by atoms with E-state index in [0.717, 1.165) is 12.0 Å². The zero-order chi connectivity index (χ0) is 23.6. The molecule has 2 saturated heterocycles. The van der Waals surface area contributed by atoms with Crippen LogP contribution < -0.4 is 0 Å². The molecule has 1 aromatic heterocycles. The van der Waals surface area contributed by atoms with Crippen molar-refractivity contribution in [2.75, 3.05) is 13.2 Å². The molecular formula is C24H28O9. The number of epoxide rings is 1. The minimum Gasteiger partial charge on any atom is -0.504 e. The largest absolute Gasteiger partial charge is 0.504 e. The first-order valence-corrected chi connectivity index (χ1v) is 11.3. The van der Waals surface area contributed by atoms with Gasteiger partial charge in [0.1, 0.15) is 17.6 Å². The van der Waals surface area contributed by atoms with E-state index in [1.165, 1.54) is 20.1 Å². The predicted molar refractivity (Wildman–Crippen MR) is 111 cm³/mol. The standard InChI is InChI=1S/C24H28O9/c1-13-19(27)20(28)24(12-30-14(2)25)18(5-4-7-22(24)11-31-22)23(13)9-17(16-6-8-29-10-16)33-21(23)32-15(3)26/h6,8,10,17-18,21,27H,4-5,7,9,11-12H2,1-3H3/t17-,18+,21+,22-,23+,24-/m0/s1. The summed E-state index contributed by atoms with van der Waals surface area (Å²) in [4.78, 5) is 37.7. The molecule has 2 aliphatic carbocycles. The van der Waals surface area contributed by atoms with Crippen molar-refractivity contribution in [3.8, 4) is 0 Å². The molecule has 1 N–H and O–H groups in total. The average molecular weight is 460 g/mol. The molecule has 3 heterocycles. The minimum atomic E-state index is -1.30. The van der Waals surface area contributed by atoms with E-state index < -0.39 is 58.2 Å². The fraction of sp³-hybridized carbons (Fsp3) is 0.625. The minimum absolute atomic E-state index is 0.214. The van der Waals surface area contributed by atoms with Gasteiger partial charge in [0, 0.05) is 19.4 Å². The van der Waals surface area contributed by atoms with Gasteiger partial charge in [0.2, 0.25) is 12.1 Å². The van der Waals surface area contributed by atoms with Gasteiger partial charge in [-0.1, -0.05) is 6.42 Å². The van der Waals surface area contributed by atoms with Crippen LogP contribution in [0.25, 0.3) is 0 Å². The Hall–Kier alpha value is -2.65. The molecule has 0 aromatic carbocycles. The molecule has 6 atom stereocenters. The van der Waals surface area contributed by atoms with Crippen molar-refractivity contribution < 1.29 is 42.9 Å². The first-order chi connectivity index (χ1) is 15.7. The maximum absolute atomic E-state index is 13.8. The predicted octanol–water partition coefficient (Wildman–Crippen LogP) is 3.15. The maximum Gasteiger partial charge on any atom is 0.304 e. The summed E-state index contributed by atoms with van der Waals surface area (Å²) in [6, 6.07) is 1.78. The van der Waals surface area contributed by atoms with Crippen LogP contribution in [0.15, 0.2) is 34.3 Å². The van der Waals surface area contributed by atoms with Crippen LogP contribution >= 0.6 is 0 Å². The van der Waals surface area contributed by atoms with Crippen LogP contribution in [0.5, 0.6) is 0 Å². The number of esters is 2. The van der Waals surface area contributed by atoms with Crippen LogP contribution in [0.2, 0.25) is 0 Å². The number of hydrogen-bond acceptors (Lipinski definition) is 9. The number of rotatable bonds is 4. The zero-order valence-electron chi connectivity index (χ0n) is 18.9. The number of aliphatic hydroxyl groups excluding tert-OH is 1. The molecule has 178 valence electrons. The molecule has 0 bridgehead atoms. The lowest BCUT2D eigenvalue weighted by Gasteiger charge is -2.57. The quantitative estimate of drug-likeness (QED) is 0.533. The van der Waals surface area contributed by atoms with Crippen molar-refractivity contribution in [2.24, 2.45) is 16.7 Å². The third kappa shape index (κ3) is 2.94. The van der Waals surface area contributed by atoms with Crippen molar-refractivity contribution >= 4 is 17.7 Å². The maximum atomic E-state index is 13.8. The van der Waals surface area contributed by atoms with E-state index in [9.17, 15) is 19.5 Å². The van der Waals surface area contributed by atoms with Gasteiger partial charge < -0.3 is 28.5 Å². The number of ether oxygens (including phenoxy) is 4. The van der Waals surface area contributed by atoms with Gasteiger partial charge in [-0.25, -0.2) is 0 Å². The van der Waals surface area contributed by atoms with Gasteiger partial charge in [-0.05, 0) is 43.7 Å². The molecule has 0 amide bonds. The molecule has 2 aliphatic heterocycles. The lowest BCUT2D eigenvalue weighted by molar-refractivity contribution is -0.211. The van der Waals surface area contributed by atoms with Crippen LogP contribution in [0.3, 0.4) is 0 Å². The van der Waals surface area contributed by atoms with Crippen LogP contribution in [0.4, 0.5) is 0 Å². The summed E-state index contributed by atoms with van der Waals surface area (Å²) in [5.41, 5.74) is -1.95. The fourth-order valence-electron chi connectivity index (χ4n) is 6.60. The van der Waals surface area contributed by atoms with Gasteiger partial charge in [-0.15, -0.1) is 0 Å². The number of allylic oxidation sites excluding steroid dienone is 1. The number of carbonyl (C=O) groups excluding carboxylic acids is 3. The van der Waals surface area contributed by atoms with Gasteiger partial charge in [0.05, 0.1) is 30.7 Å². The van der Waals surface area contributed by atoms with Crippen LogP contribution in [-0.2, 0) is 33.3 Å².